The predicted octanol–water partition coefficient (Wildman–Crippen LogP) is -0.569. The number of amides is 1. The molecule has 0 saturated carbocycles. The van der Waals surface area contributed by atoms with Crippen LogP contribution in [0.2, 0.25) is 0 Å². The molecule has 0 spiro atoms. The summed E-state index contributed by atoms with van der Waals surface area (Å²) in [6.45, 7) is 8.10. The topological polar surface area (TPSA) is 53.6 Å². The minimum Gasteiger partial charge on any atom is -0.383 e. The molecule has 1 heterocycles. The molecule has 16 heavy (non-hydrogen) atoms. The third kappa shape index (κ3) is 3.73. The van der Waals surface area contributed by atoms with Crippen molar-refractivity contribution in [2.75, 3.05) is 39.9 Å². The second-order valence-corrected chi connectivity index (χ2v) is 4.25. The van der Waals surface area contributed by atoms with Gasteiger partial charge in [-0.05, 0) is 13.8 Å². The molecule has 0 radical (unpaired) electrons. The first kappa shape index (κ1) is 13.4. The molecule has 1 aliphatic rings. The summed E-state index contributed by atoms with van der Waals surface area (Å²) in [6.07, 6.45) is 0. The van der Waals surface area contributed by atoms with E-state index in [1.54, 1.807) is 7.11 Å². The molecule has 1 unspecified atom stereocenters. The second kappa shape index (κ2) is 6.83. The molecule has 1 rings (SSSR count). The van der Waals surface area contributed by atoms with Gasteiger partial charge in [0.05, 0.1) is 12.6 Å². The van der Waals surface area contributed by atoms with Gasteiger partial charge in [0.25, 0.3) is 0 Å². The van der Waals surface area contributed by atoms with E-state index >= 15 is 0 Å². The fourth-order valence-corrected chi connectivity index (χ4v) is 2.01. The van der Waals surface area contributed by atoms with E-state index in [0.717, 1.165) is 19.6 Å². The molecule has 2 atom stereocenters. The molecular weight excluding hydrogens is 206 g/mol. The van der Waals surface area contributed by atoms with Crippen molar-refractivity contribution in [3.63, 3.8) is 0 Å². The summed E-state index contributed by atoms with van der Waals surface area (Å²) < 4.78 is 4.90. The van der Waals surface area contributed by atoms with Gasteiger partial charge in [0.15, 0.2) is 0 Å². The maximum atomic E-state index is 11.8. The summed E-state index contributed by atoms with van der Waals surface area (Å²) in [5.74, 6) is 0.0887. The van der Waals surface area contributed by atoms with Crippen LogP contribution in [0.4, 0.5) is 0 Å². The van der Waals surface area contributed by atoms with Crippen LogP contribution in [-0.2, 0) is 9.53 Å². The van der Waals surface area contributed by atoms with Crippen LogP contribution in [0.1, 0.15) is 13.8 Å². The molecule has 5 heteroatoms. The highest BCUT2D eigenvalue weighted by Gasteiger charge is 2.27. The van der Waals surface area contributed by atoms with Gasteiger partial charge in [0.2, 0.25) is 5.91 Å². The molecule has 2 N–H and O–H groups in total. The standard InChI is InChI=1S/C11H23N3O2/c1-9-8-12-4-6-14(9)10(2)11(15)13-5-7-16-3/h9-10,12H,4-8H2,1-3H3,(H,13,15)/t9-,10?/m0/s1. The lowest BCUT2D eigenvalue weighted by Crippen LogP contribution is -2.57. The SMILES string of the molecule is COCCNC(=O)C(C)N1CCNC[C@@H]1C. The van der Waals surface area contributed by atoms with Gasteiger partial charge in [-0.2, -0.15) is 0 Å². The van der Waals surface area contributed by atoms with E-state index in [2.05, 4.69) is 22.5 Å². The number of hydrogen-bond donors (Lipinski definition) is 2. The number of carbonyl (C=O) groups is 1. The Bertz CT molecular complexity index is 223. The molecule has 94 valence electrons. The van der Waals surface area contributed by atoms with E-state index in [-0.39, 0.29) is 11.9 Å². The van der Waals surface area contributed by atoms with Gasteiger partial charge in [0, 0.05) is 39.3 Å². The highest BCUT2D eigenvalue weighted by molar-refractivity contribution is 5.81. The third-order valence-electron chi connectivity index (χ3n) is 3.04. The van der Waals surface area contributed by atoms with E-state index in [4.69, 9.17) is 4.74 Å². The number of nitrogens with one attached hydrogen (secondary N) is 2. The van der Waals surface area contributed by atoms with Crippen LogP contribution in [-0.4, -0.2) is 62.8 Å². The Morgan fingerprint density at radius 2 is 2.44 bits per heavy atom. The van der Waals surface area contributed by atoms with Crippen LogP contribution < -0.4 is 10.6 Å². The highest BCUT2D eigenvalue weighted by atomic mass is 16.5. The van der Waals surface area contributed by atoms with Crippen LogP contribution in [0.15, 0.2) is 0 Å². The van der Waals surface area contributed by atoms with Gasteiger partial charge in [-0.25, -0.2) is 0 Å². The Labute approximate surface area is 97.5 Å². The number of hydrogen-bond acceptors (Lipinski definition) is 4. The van der Waals surface area contributed by atoms with Gasteiger partial charge >= 0.3 is 0 Å². The molecule has 0 aromatic rings. The zero-order valence-corrected chi connectivity index (χ0v) is 10.5. The van der Waals surface area contributed by atoms with Crippen molar-refractivity contribution in [2.45, 2.75) is 25.9 Å². The summed E-state index contributed by atoms with van der Waals surface area (Å²) >= 11 is 0. The second-order valence-electron chi connectivity index (χ2n) is 4.25. The van der Waals surface area contributed by atoms with E-state index in [0.29, 0.717) is 19.2 Å². The molecule has 0 bridgehead atoms. The van der Waals surface area contributed by atoms with Crippen molar-refractivity contribution in [3.05, 3.63) is 0 Å². The van der Waals surface area contributed by atoms with Gasteiger partial charge in [0.1, 0.15) is 0 Å². The number of ether oxygens (including phenoxy) is 1. The summed E-state index contributed by atoms with van der Waals surface area (Å²) in [5.41, 5.74) is 0. The molecule has 5 nitrogen and oxygen atoms in total. The monoisotopic (exact) mass is 229 g/mol. The van der Waals surface area contributed by atoms with Gasteiger partial charge in [-0.1, -0.05) is 0 Å². The van der Waals surface area contributed by atoms with Gasteiger partial charge < -0.3 is 15.4 Å². The molecule has 1 aliphatic heterocycles. The molecular formula is C11H23N3O2. The lowest BCUT2D eigenvalue weighted by Gasteiger charge is -2.37. The zero-order chi connectivity index (χ0) is 12.0. The summed E-state index contributed by atoms with van der Waals surface area (Å²) in [7, 11) is 1.63. The van der Waals surface area contributed by atoms with Gasteiger partial charge in [-0.3, -0.25) is 9.69 Å². The lowest BCUT2D eigenvalue weighted by atomic mass is 10.1. The van der Waals surface area contributed by atoms with E-state index in [1.165, 1.54) is 0 Å². The number of rotatable bonds is 5. The Morgan fingerprint density at radius 1 is 1.69 bits per heavy atom. The number of methoxy groups -OCH3 is 1. The smallest absolute Gasteiger partial charge is 0.237 e. The van der Waals surface area contributed by atoms with Crippen molar-refractivity contribution in [2.24, 2.45) is 0 Å². The number of carbonyl (C=O) groups excluding carboxylic acids is 1. The maximum absolute atomic E-state index is 11.8. The number of nitrogens with zero attached hydrogens (tertiary/aromatic N) is 1. The zero-order valence-electron chi connectivity index (χ0n) is 10.5. The largest absolute Gasteiger partial charge is 0.383 e. The average molecular weight is 229 g/mol. The molecule has 1 amide bonds. The summed E-state index contributed by atoms with van der Waals surface area (Å²) in [5, 5.41) is 6.19. The maximum Gasteiger partial charge on any atom is 0.237 e. The quantitative estimate of drug-likeness (QED) is 0.620. The first-order valence-corrected chi connectivity index (χ1v) is 5.90. The van der Waals surface area contributed by atoms with E-state index in [9.17, 15) is 4.79 Å². The van der Waals surface area contributed by atoms with Crippen molar-refractivity contribution >= 4 is 5.91 Å². The van der Waals surface area contributed by atoms with Crippen molar-refractivity contribution < 1.29 is 9.53 Å². The lowest BCUT2D eigenvalue weighted by molar-refractivity contribution is -0.127. The third-order valence-corrected chi connectivity index (χ3v) is 3.04. The fourth-order valence-electron chi connectivity index (χ4n) is 2.01. The first-order valence-electron chi connectivity index (χ1n) is 5.90. The highest BCUT2D eigenvalue weighted by Crippen LogP contribution is 2.07. The number of piperazine rings is 1. The minimum atomic E-state index is -0.0612. The van der Waals surface area contributed by atoms with E-state index in [1.807, 2.05) is 6.92 Å². The molecule has 1 saturated heterocycles. The average Bonchev–Trinajstić information content (AvgIpc) is 2.29. The Morgan fingerprint density at radius 3 is 3.06 bits per heavy atom. The molecule has 0 aromatic heterocycles. The van der Waals surface area contributed by atoms with Crippen LogP contribution in [0.5, 0.6) is 0 Å². The summed E-state index contributed by atoms with van der Waals surface area (Å²) in [4.78, 5) is 14.1. The summed E-state index contributed by atoms with van der Waals surface area (Å²) in [6, 6.07) is 0.353. The van der Waals surface area contributed by atoms with Crippen LogP contribution >= 0.6 is 0 Å². The minimum absolute atomic E-state index is 0.0612. The van der Waals surface area contributed by atoms with Crippen LogP contribution in [0.25, 0.3) is 0 Å². The van der Waals surface area contributed by atoms with E-state index < -0.39 is 0 Å². The fraction of sp³-hybridized carbons (Fsp3) is 0.909. The Hall–Kier alpha value is -0.650. The van der Waals surface area contributed by atoms with Gasteiger partial charge in [-0.15, -0.1) is 0 Å². The molecule has 0 aliphatic carbocycles. The normalized spacial score (nSPS) is 24.1. The Kier molecular flexibility index (Phi) is 5.73. The Balaban J connectivity index is 2.36. The van der Waals surface area contributed by atoms with Crippen molar-refractivity contribution in [1.29, 1.82) is 0 Å². The van der Waals surface area contributed by atoms with Crippen molar-refractivity contribution in [1.82, 2.24) is 15.5 Å². The van der Waals surface area contributed by atoms with Crippen LogP contribution in [0.3, 0.4) is 0 Å². The molecule has 1 fully saturated rings. The van der Waals surface area contributed by atoms with Crippen LogP contribution in [0, 0.1) is 0 Å². The first-order chi connectivity index (χ1) is 7.66. The van der Waals surface area contributed by atoms with Crippen molar-refractivity contribution in [3.8, 4) is 0 Å². The predicted molar refractivity (Wildman–Crippen MR) is 63.4 cm³/mol. The molecule has 0 aromatic carbocycles.